The third-order valence-corrected chi connectivity index (χ3v) is 4.79. The number of alkyl halides is 1. The molecule has 0 radical (unpaired) electrons. The molecule has 0 saturated heterocycles. The van der Waals surface area contributed by atoms with Crippen molar-refractivity contribution in [2.75, 3.05) is 13.8 Å². The first-order valence-corrected chi connectivity index (χ1v) is 8.62. The normalized spacial score (nSPS) is 13.4. The number of halogens is 1. The van der Waals surface area contributed by atoms with E-state index in [1.165, 1.54) is 7.11 Å². The predicted molar refractivity (Wildman–Crippen MR) is 103 cm³/mol. The SMILES string of the molecule is COc1cccc(C(O)(CF)c2ccc3c(cnn3-c3ccccc3)c2)c1. The number of fused-ring (bicyclic) bond motifs is 1. The molecule has 0 fully saturated rings. The molecule has 3 aromatic carbocycles. The summed E-state index contributed by atoms with van der Waals surface area (Å²) in [6.07, 6.45) is 1.72. The van der Waals surface area contributed by atoms with Crippen LogP contribution in [0.5, 0.6) is 5.75 Å². The van der Waals surface area contributed by atoms with E-state index in [9.17, 15) is 9.50 Å². The molecule has 1 heterocycles. The number of hydrogen-bond donors (Lipinski definition) is 1. The molecule has 1 atom stereocenters. The Labute approximate surface area is 156 Å². The largest absolute Gasteiger partial charge is 0.497 e. The van der Waals surface area contributed by atoms with Crippen LogP contribution in [0.15, 0.2) is 79.0 Å². The summed E-state index contributed by atoms with van der Waals surface area (Å²) in [5.74, 6) is 0.567. The minimum absolute atomic E-state index is 0.444. The van der Waals surface area contributed by atoms with Gasteiger partial charge in [-0.3, -0.25) is 0 Å². The fourth-order valence-corrected chi connectivity index (χ4v) is 3.27. The maximum atomic E-state index is 14.0. The molecule has 0 aliphatic carbocycles. The van der Waals surface area contributed by atoms with Crippen LogP contribution in [0.25, 0.3) is 16.6 Å². The predicted octanol–water partition coefficient (Wildman–Crippen LogP) is 4.24. The van der Waals surface area contributed by atoms with E-state index in [4.69, 9.17) is 4.74 Å². The topological polar surface area (TPSA) is 47.3 Å². The van der Waals surface area contributed by atoms with Crippen molar-refractivity contribution in [2.24, 2.45) is 0 Å². The third-order valence-electron chi connectivity index (χ3n) is 4.79. The van der Waals surface area contributed by atoms with Crippen LogP contribution in [0.2, 0.25) is 0 Å². The molecule has 4 aromatic rings. The van der Waals surface area contributed by atoms with Crippen molar-refractivity contribution >= 4 is 10.9 Å². The van der Waals surface area contributed by atoms with Gasteiger partial charge < -0.3 is 9.84 Å². The molecule has 5 heteroatoms. The zero-order valence-electron chi connectivity index (χ0n) is 14.8. The highest BCUT2D eigenvalue weighted by molar-refractivity contribution is 5.81. The van der Waals surface area contributed by atoms with Crippen LogP contribution in [0, 0.1) is 0 Å². The van der Waals surface area contributed by atoms with Gasteiger partial charge in [0, 0.05) is 5.39 Å². The van der Waals surface area contributed by atoms with E-state index in [0.717, 1.165) is 16.6 Å². The van der Waals surface area contributed by atoms with Crippen LogP contribution in [-0.2, 0) is 5.60 Å². The molecule has 0 aliphatic heterocycles. The summed E-state index contributed by atoms with van der Waals surface area (Å²) in [5, 5.41) is 16.4. The van der Waals surface area contributed by atoms with Gasteiger partial charge in [-0.25, -0.2) is 9.07 Å². The molecule has 4 rings (SSSR count). The van der Waals surface area contributed by atoms with Gasteiger partial charge in [-0.05, 0) is 47.5 Å². The van der Waals surface area contributed by atoms with Gasteiger partial charge >= 0.3 is 0 Å². The van der Waals surface area contributed by atoms with Gasteiger partial charge in [-0.15, -0.1) is 0 Å². The summed E-state index contributed by atoms with van der Waals surface area (Å²) >= 11 is 0. The first-order chi connectivity index (χ1) is 13.2. The first kappa shape index (κ1) is 17.2. The Kier molecular flexibility index (Phi) is 4.38. The fraction of sp³-hybridized carbons (Fsp3) is 0.136. The van der Waals surface area contributed by atoms with Gasteiger partial charge in [0.2, 0.25) is 0 Å². The van der Waals surface area contributed by atoms with Crippen molar-refractivity contribution in [1.29, 1.82) is 0 Å². The Morgan fingerprint density at radius 3 is 2.52 bits per heavy atom. The van der Waals surface area contributed by atoms with Crippen molar-refractivity contribution < 1.29 is 14.2 Å². The molecule has 0 spiro atoms. The standard InChI is InChI=1S/C22H19FN2O2/c1-27-20-9-5-6-17(13-20)22(26,15-23)18-10-11-21-16(12-18)14-24-25(21)19-7-3-2-4-8-19/h2-14,26H,15H2,1H3. The van der Waals surface area contributed by atoms with Crippen molar-refractivity contribution in [1.82, 2.24) is 9.78 Å². The zero-order chi connectivity index (χ0) is 18.9. The summed E-state index contributed by atoms with van der Waals surface area (Å²) in [4.78, 5) is 0. The van der Waals surface area contributed by atoms with E-state index in [1.807, 2.05) is 41.1 Å². The second-order valence-electron chi connectivity index (χ2n) is 6.39. The fourth-order valence-electron chi connectivity index (χ4n) is 3.27. The Balaban J connectivity index is 1.81. The van der Waals surface area contributed by atoms with Crippen molar-refractivity contribution in [3.8, 4) is 11.4 Å². The molecule has 0 aliphatic rings. The summed E-state index contributed by atoms with van der Waals surface area (Å²) in [7, 11) is 1.54. The summed E-state index contributed by atoms with van der Waals surface area (Å²) in [6.45, 7) is -0.946. The van der Waals surface area contributed by atoms with Crippen molar-refractivity contribution in [2.45, 2.75) is 5.60 Å². The number of hydrogen-bond acceptors (Lipinski definition) is 3. The van der Waals surface area contributed by atoms with Crippen LogP contribution in [-0.4, -0.2) is 28.7 Å². The lowest BCUT2D eigenvalue weighted by molar-refractivity contribution is 0.0517. The van der Waals surface area contributed by atoms with E-state index < -0.39 is 12.3 Å². The molecule has 1 aromatic heterocycles. The van der Waals surface area contributed by atoms with Crippen LogP contribution >= 0.6 is 0 Å². The zero-order valence-corrected chi connectivity index (χ0v) is 14.8. The molecule has 0 saturated carbocycles. The average molecular weight is 362 g/mol. The number of nitrogens with zero attached hydrogens (tertiary/aromatic N) is 2. The van der Waals surface area contributed by atoms with Gasteiger partial charge in [-0.1, -0.05) is 36.4 Å². The number of methoxy groups -OCH3 is 1. The quantitative estimate of drug-likeness (QED) is 0.578. The van der Waals surface area contributed by atoms with E-state index in [-0.39, 0.29) is 0 Å². The maximum absolute atomic E-state index is 14.0. The monoisotopic (exact) mass is 362 g/mol. The minimum Gasteiger partial charge on any atom is -0.497 e. The number of ether oxygens (including phenoxy) is 1. The van der Waals surface area contributed by atoms with Crippen molar-refractivity contribution in [3.05, 3.63) is 90.1 Å². The highest BCUT2D eigenvalue weighted by atomic mass is 19.1. The van der Waals surface area contributed by atoms with Gasteiger partial charge in [0.05, 0.1) is 24.5 Å². The third kappa shape index (κ3) is 2.96. The lowest BCUT2D eigenvalue weighted by atomic mass is 9.87. The Hall–Kier alpha value is -3.18. The van der Waals surface area contributed by atoms with Crippen LogP contribution in [0.3, 0.4) is 0 Å². The summed E-state index contributed by atoms with van der Waals surface area (Å²) < 4.78 is 21.0. The lowest BCUT2D eigenvalue weighted by Gasteiger charge is -2.26. The molecule has 1 unspecified atom stereocenters. The molecule has 27 heavy (non-hydrogen) atoms. The van der Waals surface area contributed by atoms with Gasteiger partial charge in [-0.2, -0.15) is 5.10 Å². The van der Waals surface area contributed by atoms with Crippen LogP contribution < -0.4 is 4.74 Å². The second-order valence-corrected chi connectivity index (χ2v) is 6.39. The number of para-hydroxylation sites is 1. The molecule has 1 N–H and O–H groups in total. The number of aromatic nitrogens is 2. The average Bonchev–Trinajstić information content (AvgIpc) is 3.17. The number of benzene rings is 3. The minimum atomic E-state index is -1.75. The van der Waals surface area contributed by atoms with Gasteiger partial charge in [0.1, 0.15) is 18.0 Å². The Morgan fingerprint density at radius 2 is 1.78 bits per heavy atom. The Bertz CT molecular complexity index is 1080. The lowest BCUT2D eigenvalue weighted by Crippen LogP contribution is -2.29. The number of rotatable bonds is 5. The van der Waals surface area contributed by atoms with Crippen molar-refractivity contribution in [3.63, 3.8) is 0 Å². The highest BCUT2D eigenvalue weighted by Crippen LogP contribution is 2.34. The second kappa shape index (κ2) is 6.85. The highest BCUT2D eigenvalue weighted by Gasteiger charge is 2.32. The van der Waals surface area contributed by atoms with E-state index in [0.29, 0.717) is 16.9 Å². The van der Waals surface area contributed by atoms with Gasteiger partial charge in [0.25, 0.3) is 0 Å². The van der Waals surface area contributed by atoms with E-state index in [1.54, 1.807) is 42.6 Å². The maximum Gasteiger partial charge on any atom is 0.143 e. The molecular weight excluding hydrogens is 343 g/mol. The van der Waals surface area contributed by atoms with Crippen LogP contribution in [0.1, 0.15) is 11.1 Å². The molecule has 0 amide bonds. The molecule has 136 valence electrons. The molecule has 0 bridgehead atoms. The van der Waals surface area contributed by atoms with Crippen LogP contribution in [0.4, 0.5) is 4.39 Å². The van der Waals surface area contributed by atoms with Gasteiger partial charge in [0.15, 0.2) is 0 Å². The molecule has 4 nitrogen and oxygen atoms in total. The number of aliphatic hydroxyl groups is 1. The van der Waals surface area contributed by atoms with E-state index >= 15 is 0 Å². The summed E-state index contributed by atoms with van der Waals surface area (Å²) in [6, 6.07) is 22.0. The first-order valence-electron chi connectivity index (χ1n) is 8.62. The molecular formula is C22H19FN2O2. The summed E-state index contributed by atoms with van der Waals surface area (Å²) in [5.41, 5.74) is 0.987. The Morgan fingerprint density at radius 1 is 1.00 bits per heavy atom. The smallest absolute Gasteiger partial charge is 0.143 e. The van der Waals surface area contributed by atoms with E-state index in [2.05, 4.69) is 5.10 Å².